The number of nitrogens with zero attached hydrogens (tertiary/aromatic N) is 1. The minimum absolute atomic E-state index is 0. The van der Waals surface area contributed by atoms with Gasteiger partial charge in [-0.2, -0.15) is 0 Å². The molecule has 0 bridgehead atoms. The molecule has 11 heteroatoms. The second-order valence-corrected chi connectivity index (χ2v) is 9.49. The first-order chi connectivity index (χ1) is 14.1. The van der Waals surface area contributed by atoms with Crippen molar-refractivity contribution in [2.75, 3.05) is 65.5 Å². The van der Waals surface area contributed by atoms with Crippen molar-refractivity contribution in [3.8, 4) is 0 Å². The van der Waals surface area contributed by atoms with Crippen LogP contribution in [-0.4, -0.2) is 86.0 Å². The third kappa shape index (κ3) is 12.6. The summed E-state index contributed by atoms with van der Waals surface area (Å²) < 4.78 is 43.5. The van der Waals surface area contributed by atoms with Gasteiger partial charge in [-0.15, -0.1) is 24.0 Å². The van der Waals surface area contributed by atoms with E-state index in [0.717, 1.165) is 71.5 Å². The molecule has 0 spiro atoms. The van der Waals surface area contributed by atoms with E-state index in [2.05, 4.69) is 20.3 Å². The first-order valence-electron chi connectivity index (χ1n) is 10.8. The summed E-state index contributed by atoms with van der Waals surface area (Å²) in [6, 6.07) is 0. The molecular formula is C19H39IN4O5S. The summed E-state index contributed by atoms with van der Waals surface area (Å²) in [4.78, 5) is 4.12. The van der Waals surface area contributed by atoms with E-state index >= 15 is 0 Å². The second kappa shape index (κ2) is 16.4. The van der Waals surface area contributed by atoms with Crippen LogP contribution in [0.2, 0.25) is 0 Å². The fourth-order valence-corrected chi connectivity index (χ4v) is 4.28. The van der Waals surface area contributed by atoms with Gasteiger partial charge in [0.1, 0.15) is 0 Å². The van der Waals surface area contributed by atoms with Gasteiger partial charge >= 0.3 is 0 Å². The molecule has 0 aliphatic carbocycles. The maximum absolute atomic E-state index is 12.1. The zero-order valence-corrected chi connectivity index (χ0v) is 21.2. The standard InChI is InChI=1S/C19H38N4O5S.HI/c1-20-19(21-8-4-10-27-16-17-6-12-26-13-7-17)22-9-14-29(24,25)23-15-18-5-2-3-11-28-18;/h17-18,23H,2-16H2,1H3,(H2,20,21,22);1H. The molecule has 0 aromatic rings. The highest BCUT2D eigenvalue weighted by molar-refractivity contribution is 14.0. The molecule has 3 N–H and O–H groups in total. The summed E-state index contributed by atoms with van der Waals surface area (Å²) in [6.07, 6.45) is 6.09. The number of ether oxygens (including phenoxy) is 3. The van der Waals surface area contributed by atoms with E-state index < -0.39 is 10.0 Å². The van der Waals surface area contributed by atoms with Gasteiger partial charge in [-0.05, 0) is 44.4 Å². The van der Waals surface area contributed by atoms with Crippen molar-refractivity contribution in [3.05, 3.63) is 0 Å². The van der Waals surface area contributed by atoms with Crippen molar-refractivity contribution in [2.45, 2.75) is 44.6 Å². The van der Waals surface area contributed by atoms with Crippen molar-refractivity contribution >= 4 is 40.0 Å². The molecule has 2 rings (SSSR count). The lowest BCUT2D eigenvalue weighted by atomic mass is 10.0. The van der Waals surface area contributed by atoms with Crippen LogP contribution in [0.25, 0.3) is 0 Å². The zero-order valence-electron chi connectivity index (χ0n) is 18.1. The molecule has 178 valence electrons. The Bertz CT molecular complexity index is 567. The van der Waals surface area contributed by atoms with Crippen LogP contribution in [0, 0.1) is 5.92 Å². The van der Waals surface area contributed by atoms with Gasteiger partial charge in [0.25, 0.3) is 0 Å². The number of hydrogen-bond donors (Lipinski definition) is 3. The van der Waals surface area contributed by atoms with E-state index in [1.165, 1.54) is 0 Å². The fraction of sp³-hybridized carbons (Fsp3) is 0.947. The van der Waals surface area contributed by atoms with Gasteiger partial charge < -0.3 is 24.8 Å². The normalized spacial score (nSPS) is 21.1. The highest BCUT2D eigenvalue weighted by atomic mass is 127. The van der Waals surface area contributed by atoms with Crippen molar-refractivity contribution in [2.24, 2.45) is 10.9 Å². The quantitative estimate of drug-likeness (QED) is 0.141. The van der Waals surface area contributed by atoms with Crippen LogP contribution in [-0.2, 0) is 24.2 Å². The smallest absolute Gasteiger partial charge is 0.213 e. The third-order valence-corrected chi connectivity index (χ3v) is 6.49. The largest absolute Gasteiger partial charge is 0.381 e. The lowest BCUT2D eigenvalue weighted by Crippen LogP contribution is -2.42. The van der Waals surface area contributed by atoms with Crippen molar-refractivity contribution in [3.63, 3.8) is 0 Å². The van der Waals surface area contributed by atoms with E-state index in [1.807, 2.05) is 0 Å². The number of hydrogen-bond acceptors (Lipinski definition) is 6. The maximum atomic E-state index is 12.1. The Labute approximate surface area is 198 Å². The van der Waals surface area contributed by atoms with Gasteiger partial charge in [-0.25, -0.2) is 13.1 Å². The van der Waals surface area contributed by atoms with E-state index in [9.17, 15) is 8.42 Å². The first kappa shape index (κ1) is 27.8. The van der Waals surface area contributed by atoms with E-state index in [0.29, 0.717) is 31.6 Å². The molecular weight excluding hydrogens is 523 g/mol. The van der Waals surface area contributed by atoms with Gasteiger partial charge in [0.05, 0.1) is 11.9 Å². The molecule has 2 saturated heterocycles. The summed E-state index contributed by atoms with van der Waals surface area (Å²) in [5.74, 6) is 1.21. The molecule has 0 radical (unpaired) electrons. The monoisotopic (exact) mass is 562 g/mol. The van der Waals surface area contributed by atoms with Crippen molar-refractivity contribution in [1.82, 2.24) is 15.4 Å². The summed E-state index contributed by atoms with van der Waals surface area (Å²) >= 11 is 0. The number of nitrogens with one attached hydrogen (secondary N) is 3. The lowest BCUT2D eigenvalue weighted by Gasteiger charge is -2.22. The Kier molecular flexibility index (Phi) is 15.2. The van der Waals surface area contributed by atoms with E-state index in [4.69, 9.17) is 14.2 Å². The van der Waals surface area contributed by atoms with Gasteiger partial charge in [-0.1, -0.05) is 0 Å². The van der Waals surface area contributed by atoms with Crippen LogP contribution in [0.4, 0.5) is 0 Å². The van der Waals surface area contributed by atoms with Gasteiger partial charge in [0, 0.05) is 59.7 Å². The maximum Gasteiger partial charge on any atom is 0.213 e. The fourth-order valence-electron chi connectivity index (χ4n) is 3.33. The lowest BCUT2D eigenvalue weighted by molar-refractivity contribution is 0.0200. The molecule has 2 aliphatic heterocycles. The summed E-state index contributed by atoms with van der Waals surface area (Å²) in [7, 11) is -1.66. The van der Waals surface area contributed by atoms with E-state index in [1.54, 1.807) is 7.05 Å². The van der Waals surface area contributed by atoms with E-state index in [-0.39, 0.29) is 35.8 Å². The summed E-state index contributed by atoms with van der Waals surface area (Å²) in [6.45, 7) is 5.27. The molecule has 30 heavy (non-hydrogen) atoms. The second-order valence-electron chi connectivity index (χ2n) is 7.57. The van der Waals surface area contributed by atoms with Crippen LogP contribution in [0.5, 0.6) is 0 Å². The molecule has 9 nitrogen and oxygen atoms in total. The summed E-state index contributed by atoms with van der Waals surface area (Å²) in [5, 5.41) is 6.22. The van der Waals surface area contributed by atoms with Crippen molar-refractivity contribution in [1.29, 1.82) is 0 Å². The number of halogens is 1. The number of guanidine groups is 1. The molecule has 0 amide bonds. The van der Waals surface area contributed by atoms with Crippen LogP contribution < -0.4 is 15.4 Å². The Hall–Kier alpha value is -0.210. The van der Waals surface area contributed by atoms with Gasteiger partial charge in [-0.3, -0.25) is 4.99 Å². The highest BCUT2D eigenvalue weighted by Gasteiger charge is 2.17. The Morgan fingerprint density at radius 2 is 1.87 bits per heavy atom. The molecule has 1 unspecified atom stereocenters. The predicted octanol–water partition coefficient (Wildman–Crippen LogP) is 1.09. The zero-order chi connectivity index (χ0) is 20.8. The average molecular weight is 563 g/mol. The van der Waals surface area contributed by atoms with Crippen molar-refractivity contribution < 1.29 is 22.6 Å². The number of sulfonamides is 1. The molecule has 2 aliphatic rings. The topological polar surface area (TPSA) is 110 Å². The average Bonchev–Trinajstić information content (AvgIpc) is 2.75. The summed E-state index contributed by atoms with van der Waals surface area (Å²) in [5.41, 5.74) is 0. The molecule has 1 atom stereocenters. The minimum Gasteiger partial charge on any atom is -0.381 e. The van der Waals surface area contributed by atoms with Gasteiger partial charge in [0.2, 0.25) is 10.0 Å². The van der Waals surface area contributed by atoms with Gasteiger partial charge in [0.15, 0.2) is 5.96 Å². The predicted molar refractivity (Wildman–Crippen MR) is 129 cm³/mol. The Morgan fingerprint density at radius 1 is 1.10 bits per heavy atom. The minimum atomic E-state index is -3.33. The Morgan fingerprint density at radius 3 is 2.57 bits per heavy atom. The number of aliphatic imine (C=N–C) groups is 1. The van der Waals surface area contributed by atoms with Crippen LogP contribution >= 0.6 is 24.0 Å². The SMILES string of the molecule is CN=C(NCCCOCC1CCOCC1)NCCS(=O)(=O)NCC1CCCCO1.I. The highest BCUT2D eigenvalue weighted by Crippen LogP contribution is 2.14. The van der Waals surface area contributed by atoms with Crippen LogP contribution in [0.15, 0.2) is 4.99 Å². The number of rotatable bonds is 12. The first-order valence-corrected chi connectivity index (χ1v) is 12.4. The molecule has 0 aromatic carbocycles. The molecule has 0 saturated carbocycles. The molecule has 0 aromatic heterocycles. The van der Waals surface area contributed by atoms with Crippen LogP contribution in [0.1, 0.15) is 38.5 Å². The van der Waals surface area contributed by atoms with Crippen LogP contribution in [0.3, 0.4) is 0 Å². The molecule has 2 heterocycles. The molecule has 2 fully saturated rings. The third-order valence-electron chi connectivity index (χ3n) is 5.14. The Balaban J connectivity index is 0.00000450.